The third-order valence-electron chi connectivity index (χ3n) is 5.35. The SMILES string of the molecule is Cc1cc2c(cc1CN1CCN([C@H]3CCNC3)CC1)OCCO2. The monoisotopic (exact) mass is 317 g/mol. The number of hydrogen-bond acceptors (Lipinski definition) is 5. The Kier molecular flexibility index (Phi) is 4.42. The quantitative estimate of drug-likeness (QED) is 0.908. The minimum Gasteiger partial charge on any atom is -0.486 e. The molecule has 0 amide bonds. The Morgan fingerprint density at radius 1 is 1.09 bits per heavy atom. The Bertz CT molecular complexity index is 549. The Labute approximate surface area is 138 Å². The lowest BCUT2D eigenvalue weighted by Gasteiger charge is -2.38. The van der Waals surface area contributed by atoms with Crippen molar-refractivity contribution in [2.45, 2.75) is 25.9 Å². The van der Waals surface area contributed by atoms with Crippen molar-refractivity contribution in [1.29, 1.82) is 0 Å². The molecule has 1 aromatic carbocycles. The molecule has 0 aliphatic carbocycles. The average molecular weight is 317 g/mol. The highest BCUT2D eigenvalue weighted by Gasteiger charge is 2.26. The lowest BCUT2D eigenvalue weighted by Crippen LogP contribution is -2.50. The minimum absolute atomic E-state index is 0.656. The first kappa shape index (κ1) is 15.2. The van der Waals surface area contributed by atoms with Gasteiger partial charge in [0.2, 0.25) is 0 Å². The molecule has 3 heterocycles. The molecule has 2 fully saturated rings. The normalized spacial score (nSPS) is 25.7. The van der Waals surface area contributed by atoms with Crippen molar-refractivity contribution in [1.82, 2.24) is 15.1 Å². The summed E-state index contributed by atoms with van der Waals surface area (Å²) in [5, 5.41) is 3.48. The van der Waals surface area contributed by atoms with Crippen molar-refractivity contribution >= 4 is 0 Å². The topological polar surface area (TPSA) is 37.0 Å². The van der Waals surface area contributed by atoms with E-state index >= 15 is 0 Å². The van der Waals surface area contributed by atoms with Crippen LogP contribution in [0, 0.1) is 6.92 Å². The second kappa shape index (κ2) is 6.67. The maximum absolute atomic E-state index is 5.73. The van der Waals surface area contributed by atoms with Gasteiger partial charge in [-0.1, -0.05) is 0 Å². The Morgan fingerprint density at radius 2 is 1.83 bits per heavy atom. The molecular weight excluding hydrogens is 290 g/mol. The molecule has 2 saturated heterocycles. The first-order valence-electron chi connectivity index (χ1n) is 8.86. The molecule has 0 aromatic heterocycles. The molecule has 1 N–H and O–H groups in total. The van der Waals surface area contributed by atoms with Crippen molar-refractivity contribution in [3.05, 3.63) is 23.3 Å². The number of fused-ring (bicyclic) bond motifs is 1. The van der Waals surface area contributed by atoms with Gasteiger partial charge in [0.05, 0.1) is 0 Å². The van der Waals surface area contributed by atoms with E-state index in [9.17, 15) is 0 Å². The van der Waals surface area contributed by atoms with E-state index < -0.39 is 0 Å². The molecule has 5 heteroatoms. The van der Waals surface area contributed by atoms with E-state index in [2.05, 4.69) is 34.2 Å². The van der Waals surface area contributed by atoms with E-state index in [1.165, 1.54) is 43.7 Å². The fourth-order valence-corrected chi connectivity index (χ4v) is 3.88. The van der Waals surface area contributed by atoms with Gasteiger partial charge in [-0.05, 0) is 43.1 Å². The fourth-order valence-electron chi connectivity index (χ4n) is 3.88. The lowest BCUT2D eigenvalue weighted by molar-refractivity contribution is 0.0978. The molecule has 3 aliphatic heterocycles. The summed E-state index contributed by atoms with van der Waals surface area (Å²) in [6.07, 6.45) is 1.31. The van der Waals surface area contributed by atoms with E-state index in [1.54, 1.807) is 0 Å². The number of piperazine rings is 1. The van der Waals surface area contributed by atoms with Gasteiger partial charge in [-0.25, -0.2) is 0 Å². The van der Waals surface area contributed by atoms with Crippen LogP contribution < -0.4 is 14.8 Å². The summed E-state index contributed by atoms with van der Waals surface area (Å²) in [7, 11) is 0. The van der Waals surface area contributed by atoms with Gasteiger partial charge < -0.3 is 14.8 Å². The van der Waals surface area contributed by atoms with E-state index in [-0.39, 0.29) is 0 Å². The zero-order valence-electron chi connectivity index (χ0n) is 14.0. The molecule has 0 unspecified atom stereocenters. The van der Waals surface area contributed by atoms with Crippen LogP contribution >= 0.6 is 0 Å². The second-order valence-electron chi connectivity index (χ2n) is 6.88. The van der Waals surface area contributed by atoms with Crippen LogP contribution in [0.1, 0.15) is 17.5 Å². The highest BCUT2D eigenvalue weighted by Crippen LogP contribution is 2.33. The van der Waals surface area contributed by atoms with Crippen molar-refractivity contribution < 1.29 is 9.47 Å². The number of aryl methyl sites for hydroxylation is 1. The summed E-state index contributed by atoms with van der Waals surface area (Å²) >= 11 is 0. The zero-order chi connectivity index (χ0) is 15.6. The van der Waals surface area contributed by atoms with Gasteiger partial charge in [0.25, 0.3) is 0 Å². The van der Waals surface area contributed by atoms with Crippen molar-refractivity contribution in [2.75, 3.05) is 52.5 Å². The van der Waals surface area contributed by atoms with E-state index in [4.69, 9.17) is 9.47 Å². The minimum atomic E-state index is 0.656. The number of benzene rings is 1. The molecule has 126 valence electrons. The fraction of sp³-hybridized carbons (Fsp3) is 0.667. The molecule has 0 radical (unpaired) electrons. The molecule has 0 saturated carbocycles. The van der Waals surface area contributed by atoms with Gasteiger partial charge in [-0.2, -0.15) is 0 Å². The van der Waals surface area contributed by atoms with Crippen molar-refractivity contribution in [3.63, 3.8) is 0 Å². The standard InChI is InChI=1S/C18H27N3O2/c1-14-10-17-18(23-9-8-22-17)11-15(14)13-20-4-6-21(7-5-20)16-2-3-19-12-16/h10-11,16,19H,2-9,12-13H2,1H3/t16-/m0/s1. The van der Waals surface area contributed by atoms with E-state index in [0.717, 1.165) is 37.2 Å². The zero-order valence-corrected chi connectivity index (χ0v) is 14.0. The summed E-state index contributed by atoms with van der Waals surface area (Å²) in [6, 6.07) is 5.06. The molecule has 5 nitrogen and oxygen atoms in total. The molecule has 3 aliphatic rings. The number of nitrogens with zero attached hydrogens (tertiary/aromatic N) is 2. The molecule has 0 bridgehead atoms. The smallest absolute Gasteiger partial charge is 0.161 e. The Balaban J connectivity index is 1.37. The predicted octanol–water partition coefficient (Wildman–Crippen LogP) is 1.25. The molecule has 0 spiro atoms. The molecule has 1 aromatic rings. The van der Waals surface area contributed by atoms with Crippen LogP contribution in [0.3, 0.4) is 0 Å². The number of rotatable bonds is 3. The van der Waals surface area contributed by atoms with Crippen LogP contribution in [0.4, 0.5) is 0 Å². The average Bonchev–Trinajstić information content (AvgIpc) is 3.11. The number of hydrogen-bond donors (Lipinski definition) is 1. The first-order valence-corrected chi connectivity index (χ1v) is 8.86. The van der Waals surface area contributed by atoms with Crippen molar-refractivity contribution in [3.8, 4) is 11.5 Å². The maximum atomic E-state index is 5.73. The van der Waals surface area contributed by atoms with Crippen LogP contribution in [-0.4, -0.2) is 68.3 Å². The lowest BCUT2D eigenvalue weighted by atomic mass is 10.1. The van der Waals surface area contributed by atoms with Crippen LogP contribution in [0.15, 0.2) is 12.1 Å². The van der Waals surface area contributed by atoms with Gasteiger partial charge >= 0.3 is 0 Å². The van der Waals surface area contributed by atoms with Crippen LogP contribution in [0.2, 0.25) is 0 Å². The van der Waals surface area contributed by atoms with Gasteiger partial charge in [-0.3, -0.25) is 9.80 Å². The summed E-state index contributed by atoms with van der Waals surface area (Å²) < 4.78 is 11.4. The van der Waals surface area contributed by atoms with Gasteiger partial charge in [0, 0.05) is 45.3 Å². The Hall–Kier alpha value is -1.30. The molecule has 23 heavy (non-hydrogen) atoms. The largest absolute Gasteiger partial charge is 0.486 e. The van der Waals surface area contributed by atoms with Crippen LogP contribution in [0.5, 0.6) is 11.5 Å². The van der Waals surface area contributed by atoms with Crippen LogP contribution in [-0.2, 0) is 6.54 Å². The van der Waals surface area contributed by atoms with Crippen LogP contribution in [0.25, 0.3) is 0 Å². The highest BCUT2D eigenvalue weighted by molar-refractivity contribution is 5.47. The number of nitrogens with one attached hydrogen (secondary N) is 1. The second-order valence-corrected chi connectivity index (χ2v) is 6.88. The van der Waals surface area contributed by atoms with Gasteiger partial charge in [0.15, 0.2) is 11.5 Å². The third kappa shape index (κ3) is 3.32. The summed E-state index contributed by atoms with van der Waals surface area (Å²) in [5.74, 6) is 1.81. The third-order valence-corrected chi connectivity index (χ3v) is 5.35. The summed E-state index contributed by atoms with van der Waals surface area (Å²) in [6.45, 7) is 11.5. The highest BCUT2D eigenvalue weighted by atomic mass is 16.6. The van der Waals surface area contributed by atoms with Gasteiger partial charge in [0.1, 0.15) is 13.2 Å². The van der Waals surface area contributed by atoms with E-state index in [1.807, 2.05) is 0 Å². The maximum Gasteiger partial charge on any atom is 0.161 e. The van der Waals surface area contributed by atoms with Crippen molar-refractivity contribution in [2.24, 2.45) is 0 Å². The summed E-state index contributed by atoms with van der Waals surface area (Å²) in [4.78, 5) is 5.23. The molecule has 1 atom stereocenters. The predicted molar refractivity (Wildman–Crippen MR) is 90.3 cm³/mol. The molecule has 4 rings (SSSR count). The van der Waals surface area contributed by atoms with Gasteiger partial charge in [-0.15, -0.1) is 0 Å². The Morgan fingerprint density at radius 3 is 2.52 bits per heavy atom. The summed E-state index contributed by atoms with van der Waals surface area (Å²) in [5.41, 5.74) is 2.67. The molecular formula is C18H27N3O2. The first-order chi connectivity index (χ1) is 11.3. The number of ether oxygens (including phenoxy) is 2. The van der Waals surface area contributed by atoms with E-state index in [0.29, 0.717) is 13.2 Å².